The summed E-state index contributed by atoms with van der Waals surface area (Å²) in [5.74, 6) is 0.359. The Morgan fingerprint density at radius 2 is 2.16 bits per heavy atom. The van der Waals surface area contributed by atoms with E-state index in [0.717, 1.165) is 16.6 Å². The van der Waals surface area contributed by atoms with Gasteiger partial charge in [-0.1, -0.05) is 13.5 Å². The summed E-state index contributed by atoms with van der Waals surface area (Å²) in [6, 6.07) is 4.11. The van der Waals surface area contributed by atoms with Crippen molar-refractivity contribution in [3.63, 3.8) is 0 Å². The first-order valence-corrected chi connectivity index (χ1v) is 6.75. The maximum absolute atomic E-state index is 11.6. The van der Waals surface area contributed by atoms with E-state index in [0.29, 0.717) is 5.92 Å². The van der Waals surface area contributed by atoms with E-state index in [2.05, 4.69) is 26.2 Å². The molecule has 19 heavy (non-hydrogen) atoms. The van der Waals surface area contributed by atoms with Crippen LogP contribution in [0.3, 0.4) is 0 Å². The van der Waals surface area contributed by atoms with Gasteiger partial charge in [-0.05, 0) is 54.8 Å². The largest absolute Gasteiger partial charge is 0.444 e. The van der Waals surface area contributed by atoms with Crippen molar-refractivity contribution in [3.05, 3.63) is 28.5 Å². The van der Waals surface area contributed by atoms with E-state index in [1.807, 2.05) is 39.1 Å². The fraction of sp³-hybridized carbons (Fsp3) is 0.571. The molecule has 1 saturated carbocycles. The van der Waals surface area contributed by atoms with Crippen LogP contribution in [0, 0.1) is 0 Å². The minimum absolute atomic E-state index is 0. The van der Waals surface area contributed by atoms with Gasteiger partial charge < -0.3 is 10.1 Å². The summed E-state index contributed by atoms with van der Waals surface area (Å²) >= 11 is 3.30. The smallest absolute Gasteiger partial charge is 0.407 e. The number of halogens is 1. The van der Waals surface area contributed by atoms with E-state index in [4.69, 9.17) is 4.74 Å². The van der Waals surface area contributed by atoms with E-state index >= 15 is 0 Å². The van der Waals surface area contributed by atoms with Crippen molar-refractivity contribution in [3.8, 4) is 0 Å². The Morgan fingerprint density at radius 1 is 1.47 bits per heavy atom. The number of carbonyl (C=O) groups excluding carboxylic acids is 1. The van der Waals surface area contributed by atoms with Crippen molar-refractivity contribution in [1.82, 2.24) is 10.3 Å². The summed E-state index contributed by atoms with van der Waals surface area (Å²) in [4.78, 5) is 15.8. The number of amides is 1. The molecule has 1 aliphatic carbocycles. The molecule has 1 aromatic heterocycles. The van der Waals surface area contributed by atoms with Gasteiger partial charge in [0, 0.05) is 18.2 Å². The van der Waals surface area contributed by atoms with Gasteiger partial charge in [0.1, 0.15) is 10.2 Å². The summed E-state index contributed by atoms with van der Waals surface area (Å²) in [7, 11) is 0. The molecule has 5 heteroatoms. The van der Waals surface area contributed by atoms with E-state index in [1.54, 1.807) is 0 Å². The molecule has 0 radical (unpaired) electrons. The molecule has 1 amide bonds. The van der Waals surface area contributed by atoms with Crippen LogP contribution in [0.25, 0.3) is 0 Å². The number of hydrogen-bond donors (Lipinski definition) is 1. The Morgan fingerprint density at radius 3 is 2.68 bits per heavy atom. The van der Waals surface area contributed by atoms with Crippen molar-refractivity contribution in [2.75, 3.05) is 0 Å². The zero-order valence-electron chi connectivity index (χ0n) is 10.7. The topological polar surface area (TPSA) is 51.2 Å². The van der Waals surface area contributed by atoms with E-state index in [1.165, 1.54) is 0 Å². The molecule has 1 aliphatic rings. The minimum atomic E-state index is -0.451. The third-order valence-electron chi connectivity index (χ3n) is 2.67. The SMILES string of the molecule is C.CC(C)(C)OC(=O)N[C@H]1C[C@@H]1c1ccc(Br)nc1. The average molecular weight is 329 g/mol. The molecule has 1 aromatic rings. The lowest BCUT2D eigenvalue weighted by Crippen LogP contribution is -2.34. The van der Waals surface area contributed by atoms with Gasteiger partial charge >= 0.3 is 6.09 Å². The number of nitrogens with zero attached hydrogens (tertiary/aromatic N) is 1. The molecule has 0 spiro atoms. The van der Waals surface area contributed by atoms with Crippen LogP contribution in [0.2, 0.25) is 0 Å². The second-order valence-electron chi connectivity index (χ2n) is 5.51. The van der Waals surface area contributed by atoms with Crippen molar-refractivity contribution >= 4 is 22.0 Å². The number of carbonyl (C=O) groups is 1. The Hall–Kier alpha value is -1.10. The lowest BCUT2D eigenvalue weighted by atomic mass is 10.2. The zero-order chi connectivity index (χ0) is 13.3. The molecule has 1 heterocycles. The van der Waals surface area contributed by atoms with Gasteiger partial charge in [-0.3, -0.25) is 0 Å². The van der Waals surface area contributed by atoms with Gasteiger partial charge in [0.05, 0.1) is 0 Å². The molecule has 0 aliphatic heterocycles. The highest BCUT2D eigenvalue weighted by atomic mass is 79.9. The van der Waals surface area contributed by atoms with Crippen LogP contribution >= 0.6 is 15.9 Å². The van der Waals surface area contributed by atoms with Crippen LogP contribution in [-0.4, -0.2) is 22.7 Å². The predicted molar refractivity (Wildman–Crippen MR) is 79.2 cm³/mol. The molecule has 1 fully saturated rings. The second-order valence-corrected chi connectivity index (χ2v) is 6.32. The fourth-order valence-corrected chi connectivity index (χ4v) is 2.02. The molecule has 1 N–H and O–H groups in total. The number of alkyl carbamates (subject to hydrolysis) is 1. The summed E-state index contributed by atoms with van der Waals surface area (Å²) in [5.41, 5.74) is 0.701. The third-order valence-corrected chi connectivity index (χ3v) is 3.14. The first kappa shape index (κ1) is 16.0. The Labute approximate surface area is 123 Å². The van der Waals surface area contributed by atoms with Gasteiger partial charge in [-0.15, -0.1) is 0 Å². The lowest BCUT2D eigenvalue weighted by molar-refractivity contribution is 0.0523. The van der Waals surface area contributed by atoms with E-state index < -0.39 is 5.60 Å². The van der Waals surface area contributed by atoms with Crippen LogP contribution < -0.4 is 5.32 Å². The monoisotopic (exact) mass is 328 g/mol. The molecule has 0 bridgehead atoms. The molecular formula is C14H21BrN2O2. The van der Waals surface area contributed by atoms with Crippen LogP contribution in [0.15, 0.2) is 22.9 Å². The first-order chi connectivity index (χ1) is 8.35. The molecule has 0 unspecified atom stereocenters. The van der Waals surface area contributed by atoms with Gasteiger partial charge in [0.2, 0.25) is 0 Å². The molecule has 0 saturated heterocycles. The van der Waals surface area contributed by atoms with Gasteiger partial charge in [0.15, 0.2) is 0 Å². The molecule has 2 atom stereocenters. The molecule has 2 rings (SSSR count). The summed E-state index contributed by atoms with van der Waals surface area (Å²) < 4.78 is 6.04. The van der Waals surface area contributed by atoms with Gasteiger partial charge in [0.25, 0.3) is 0 Å². The molecule has 4 nitrogen and oxygen atoms in total. The fourth-order valence-electron chi connectivity index (χ4n) is 1.79. The molecule has 106 valence electrons. The van der Waals surface area contributed by atoms with Crippen LogP contribution in [0.1, 0.15) is 46.1 Å². The number of hydrogen-bond acceptors (Lipinski definition) is 3. The Bertz CT molecular complexity index is 440. The molecular weight excluding hydrogens is 308 g/mol. The highest BCUT2D eigenvalue weighted by Gasteiger charge is 2.40. The predicted octanol–water partition coefficient (Wildman–Crippen LogP) is 3.86. The third kappa shape index (κ3) is 4.82. The van der Waals surface area contributed by atoms with E-state index in [9.17, 15) is 4.79 Å². The maximum Gasteiger partial charge on any atom is 0.407 e. The lowest BCUT2D eigenvalue weighted by Gasteiger charge is -2.19. The summed E-state index contributed by atoms with van der Waals surface area (Å²) in [5, 5.41) is 2.87. The Balaban J connectivity index is 0.00000180. The second kappa shape index (κ2) is 5.90. The number of aromatic nitrogens is 1. The zero-order valence-corrected chi connectivity index (χ0v) is 12.3. The highest BCUT2D eigenvalue weighted by Crippen LogP contribution is 2.40. The first-order valence-electron chi connectivity index (χ1n) is 5.96. The van der Waals surface area contributed by atoms with Crippen molar-refractivity contribution in [1.29, 1.82) is 0 Å². The standard InChI is InChI=1S/C13H17BrN2O2.CH4/c1-13(2,3)18-12(17)16-10-6-9(10)8-4-5-11(14)15-7-8;/h4-5,7,9-10H,6H2,1-3H3,(H,16,17);1H4/t9-,10+;/m1./s1. The highest BCUT2D eigenvalue weighted by molar-refractivity contribution is 9.10. The summed E-state index contributed by atoms with van der Waals surface area (Å²) in [6.07, 6.45) is 2.44. The summed E-state index contributed by atoms with van der Waals surface area (Å²) in [6.45, 7) is 5.57. The molecule has 0 aromatic carbocycles. The number of ether oxygens (including phenoxy) is 1. The van der Waals surface area contributed by atoms with E-state index in [-0.39, 0.29) is 19.6 Å². The van der Waals surface area contributed by atoms with Gasteiger partial charge in [-0.25, -0.2) is 9.78 Å². The normalized spacial score (nSPS) is 21.3. The van der Waals surface area contributed by atoms with Crippen molar-refractivity contribution in [2.45, 2.75) is 52.2 Å². The van der Waals surface area contributed by atoms with Crippen molar-refractivity contribution in [2.24, 2.45) is 0 Å². The number of pyridine rings is 1. The maximum atomic E-state index is 11.6. The number of rotatable bonds is 2. The van der Waals surface area contributed by atoms with Crippen molar-refractivity contribution < 1.29 is 9.53 Å². The Kier molecular flexibility index (Phi) is 4.96. The van der Waals surface area contributed by atoms with Crippen LogP contribution in [-0.2, 0) is 4.74 Å². The van der Waals surface area contributed by atoms with Crippen LogP contribution in [0.5, 0.6) is 0 Å². The quantitative estimate of drug-likeness (QED) is 0.838. The van der Waals surface area contributed by atoms with Crippen LogP contribution in [0.4, 0.5) is 4.79 Å². The average Bonchev–Trinajstić information content (AvgIpc) is 2.95. The minimum Gasteiger partial charge on any atom is -0.444 e. The van der Waals surface area contributed by atoms with Gasteiger partial charge in [-0.2, -0.15) is 0 Å². The number of nitrogens with one attached hydrogen (secondary N) is 1.